The van der Waals surface area contributed by atoms with Gasteiger partial charge in [-0.25, -0.2) is 4.39 Å². The molecular formula is C15H12Cl2FNO2. The summed E-state index contributed by atoms with van der Waals surface area (Å²) in [4.78, 5) is 11.7. The molecule has 110 valence electrons. The van der Waals surface area contributed by atoms with Crippen LogP contribution in [-0.4, -0.2) is 12.5 Å². The summed E-state index contributed by atoms with van der Waals surface area (Å²) in [5, 5.41) is 3.27. The minimum absolute atomic E-state index is 0.110. The number of anilines is 1. The average molecular weight is 328 g/mol. The third-order valence-electron chi connectivity index (χ3n) is 2.61. The highest BCUT2D eigenvalue weighted by molar-refractivity contribution is 6.42. The fraction of sp³-hybridized carbons (Fsp3) is 0.133. The van der Waals surface area contributed by atoms with Crippen LogP contribution in [-0.2, 0) is 4.79 Å². The molecule has 1 amide bonds. The van der Waals surface area contributed by atoms with Gasteiger partial charge in [-0.15, -0.1) is 0 Å². The Labute approximate surface area is 131 Å². The highest BCUT2D eigenvalue weighted by atomic mass is 35.5. The number of hydrogen-bond acceptors (Lipinski definition) is 2. The maximum absolute atomic E-state index is 13.0. The Morgan fingerprint density at radius 1 is 1.19 bits per heavy atom. The summed E-state index contributed by atoms with van der Waals surface area (Å²) in [5.41, 5.74) is 0.404. The molecule has 1 N–H and O–H groups in total. The second-order valence-corrected chi connectivity index (χ2v) is 4.99. The molecule has 0 bridgehead atoms. The van der Waals surface area contributed by atoms with Gasteiger partial charge in [0.25, 0.3) is 0 Å². The molecule has 21 heavy (non-hydrogen) atoms. The molecule has 2 aromatic rings. The van der Waals surface area contributed by atoms with Gasteiger partial charge in [-0.05, 0) is 30.3 Å². The van der Waals surface area contributed by atoms with Crippen LogP contribution in [0.25, 0.3) is 0 Å². The van der Waals surface area contributed by atoms with Gasteiger partial charge in [0.15, 0.2) is 0 Å². The maximum Gasteiger partial charge on any atom is 0.227 e. The number of rotatable bonds is 5. The zero-order valence-corrected chi connectivity index (χ0v) is 12.4. The van der Waals surface area contributed by atoms with Crippen molar-refractivity contribution in [3.05, 3.63) is 58.3 Å². The first-order chi connectivity index (χ1) is 10.1. The molecule has 6 heteroatoms. The topological polar surface area (TPSA) is 38.3 Å². The van der Waals surface area contributed by atoms with E-state index in [9.17, 15) is 9.18 Å². The van der Waals surface area contributed by atoms with E-state index < -0.39 is 5.82 Å². The van der Waals surface area contributed by atoms with Crippen molar-refractivity contribution in [2.24, 2.45) is 0 Å². The Balaban J connectivity index is 1.83. The maximum atomic E-state index is 13.0. The van der Waals surface area contributed by atoms with Gasteiger partial charge in [0.2, 0.25) is 5.91 Å². The number of amides is 1. The van der Waals surface area contributed by atoms with Gasteiger partial charge < -0.3 is 10.1 Å². The van der Waals surface area contributed by atoms with Gasteiger partial charge in [-0.2, -0.15) is 0 Å². The van der Waals surface area contributed by atoms with Crippen molar-refractivity contribution in [2.75, 3.05) is 11.9 Å². The molecule has 0 unspecified atom stereocenters. The van der Waals surface area contributed by atoms with E-state index >= 15 is 0 Å². The third kappa shape index (κ3) is 4.62. The summed E-state index contributed by atoms with van der Waals surface area (Å²) in [6, 6.07) is 10.7. The minimum atomic E-state index is -0.408. The van der Waals surface area contributed by atoms with Crippen LogP contribution in [0.3, 0.4) is 0 Å². The van der Waals surface area contributed by atoms with E-state index in [1.165, 1.54) is 18.2 Å². The van der Waals surface area contributed by atoms with Crippen molar-refractivity contribution in [3.8, 4) is 5.75 Å². The molecule has 0 aliphatic heterocycles. The first-order valence-corrected chi connectivity index (χ1v) is 6.94. The molecule has 0 spiro atoms. The Morgan fingerprint density at radius 2 is 1.95 bits per heavy atom. The van der Waals surface area contributed by atoms with Crippen LogP contribution in [0.5, 0.6) is 5.75 Å². The normalized spacial score (nSPS) is 10.2. The fourth-order valence-corrected chi connectivity index (χ4v) is 1.99. The Hall–Kier alpha value is -1.78. The third-order valence-corrected chi connectivity index (χ3v) is 3.41. The van der Waals surface area contributed by atoms with E-state index in [-0.39, 0.29) is 18.9 Å². The van der Waals surface area contributed by atoms with Crippen LogP contribution in [0.4, 0.5) is 10.1 Å². The van der Waals surface area contributed by atoms with Crippen molar-refractivity contribution in [1.29, 1.82) is 0 Å². The molecule has 0 aromatic heterocycles. The molecular weight excluding hydrogens is 316 g/mol. The zero-order valence-electron chi connectivity index (χ0n) is 10.9. The molecule has 0 heterocycles. The van der Waals surface area contributed by atoms with Crippen LogP contribution >= 0.6 is 23.2 Å². The van der Waals surface area contributed by atoms with Crippen LogP contribution < -0.4 is 10.1 Å². The lowest BCUT2D eigenvalue weighted by Gasteiger charge is -2.09. The largest absolute Gasteiger partial charge is 0.491 e. The number of carbonyl (C=O) groups is 1. The molecule has 0 saturated carbocycles. The van der Waals surface area contributed by atoms with E-state index in [1.54, 1.807) is 24.3 Å². The van der Waals surface area contributed by atoms with E-state index in [0.717, 1.165) is 0 Å². The summed E-state index contributed by atoms with van der Waals surface area (Å²) < 4.78 is 18.4. The molecule has 0 atom stereocenters. The van der Waals surface area contributed by atoms with Crippen LogP contribution in [0.15, 0.2) is 42.5 Å². The predicted octanol–water partition coefficient (Wildman–Crippen LogP) is 4.54. The number of halogens is 3. The summed E-state index contributed by atoms with van der Waals surface area (Å²) in [5.74, 6) is -0.267. The Morgan fingerprint density at radius 3 is 2.71 bits per heavy atom. The number of carbonyl (C=O) groups excluding carboxylic acids is 1. The second kappa shape index (κ2) is 7.29. The first-order valence-electron chi connectivity index (χ1n) is 6.18. The smallest absolute Gasteiger partial charge is 0.227 e. The first kappa shape index (κ1) is 15.6. The fourth-order valence-electron chi connectivity index (χ4n) is 1.64. The number of hydrogen-bond donors (Lipinski definition) is 1. The van der Waals surface area contributed by atoms with Crippen molar-refractivity contribution in [3.63, 3.8) is 0 Å². The van der Waals surface area contributed by atoms with E-state index in [1.807, 2.05) is 0 Å². The predicted molar refractivity (Wildman–Crippen MR) is 81.6 cm³/mol. The van der Waals surface area contributed by atoms with Crippen molar-refractivity contribution >= 4 is 34.8 Å². The number of nitrogens with one attached hydrogen (secondary N) is 1. The second-order valence-electron chi connectivity index (χ2n) is 4.21. The lowest BCUT2D eigenvalue weighted by molar-refractivity contribution is -0.116. The van der Waals surface area contributed by atoms with Gasteiger partial charge in [0.05, 0.1) is 18.1 Å². The van der Waals surface area contributed by atoms with Crippen molar-refractivity contribution < 1.29 is 13.9 Å². The minimum Gasteiger partial charge on any atom is -0.491 e. The van der Waals surface area contributed by atoms with Crippen molar-refractivity contribution in [1.82, 2.24) is 0 Å². The van der Waals surface area contributed by atoms with Gasteiger partial charge in [0.1, 0.15) is 16.6 Å². The molecule has 2 aromatic carbocycles. The monoisotopic (exact) mass is 327 g/mol. The molecule has 0 fully saturated rings. The van der Waals surface area contributed by atoms with E-state index in [4.69, 9.17) is 27.9 Å². The summed E-state index contributed by atoms with van der Waals surface area (Å²) in [6.07, 6.45) is 0.110. The SMILES string of the molecule is O=C(CCOc1cccc(Cl)c1Cl)Nc1cccc(F)c1. The van der Waals surface area contributed by atoms with Crippen LogP contribution in [0, 0.1) is 5.82 Å². The number of ether oxygens (including phenoxy) is 1. The van der Waals surface area contributed by atoms with Gasteiger partial charge >= 0.3 is 0 Å². The molecule has 2 rings (SSSR count). The molecule has 3 nitrogen and oxygen atoms in total. The lowest BCUT2D eigenvalue weighted by Crippen LogP contribution is -2.15. The van der Waals surface area contributed by atoms with E-state index in [2.05, 4.69) is 5.32 Å². The highest BCUT2D eigenvalue weighted by Crippen LogP contribution is 2.31. The van der Waals surface area contributed by atoms with Gasteiger partial charge in [-0.1, -0.05) is 35.3 Å². The lowest BCUT2D eigenvalue weighted by atomic mass is 10.3. The quantitative estimate of drug-likeness (QED) is 0.875. The van der Waals surface area contributed by atoms with Crippen LogP contribution in [0.1, 0.15) is 6.42 Å². The average Bonchev–Trinajstić information content (AvgIpc) is 2.43. The number of benzene rings is 2. The van der Waals surface area contributed by atoms with Gasteiger partial charge in [-0.3, -0.25) is 4.79 Å². The summed E-state index contributed by atoms with van der Waals surface area (Å²) >= 11 is 11.8. The Kier molecular flexibility index (Phi) is 5.42. The Bertz CT molecular complexity index is 649. The molecule has 0 aliphatic carbocycles. The van der Waals surface area contributed by atoms with Crippen molar-refractivity contribution in [2.45, 2.75) is 6.42 Å². The zero-order chi connectivity index (χ0) is 15.2. The van der Waals surface area contributed by atoms with Crippen LogP contribution in [0.2, 0.25) is 10.0 Å². The van der Waals surface area contributed by atoms with E-state index in [0.29, 0.717) is 21.5 Å². The summed E-state index contributed by atoms with van der Waals surface area (Å²) in [6.45, 7) is 0.140. The summed E-state index contributed by atoms with van der Waals surface area (Å²) in [7, 11) is 0. The standard InChI is InChI=1S/C15H12Cl2FNO2/c16-12-5-2-6-13(15(12)17)21-8-7-14(20)19-11-4-1-3-10(18)9-11/h1-6,9H,7-8H2,(H,19,20). The van der Waals surface area contributed by atoms with Gasteiger partial charge in [0, 0.05) is 5.69 Å². The molecule has 0 radical (unpaired) electrons. The highest BCUT2D eigenvalue weighted by Gasteiger charge is 2.07. The molecule has 0 saturated heterocycles. The molecule has 0 aliphatic rings.